The quantitative estimate of drug-likeness (QED) is 0.852. The third kappa shape index (κ3) is 2.97. The summed E-state index contributed by atoms with van der Waals surface area (Å²) in [6.45, 7) is 1.68. The molecule has 100 valence electrons. The minimum atomic E-state index is -0.535. The Balaban J connectivity index is 2.20. The van der Waals surface area contributed by atoms with Crippen molar-refractivity contribution in [1.82, 2.24) is 14.8 Å². The molecule has 3 N–H and O–H groups in total. The number of nitrogens with zero attached hydrogens (tertiary/aromatic N) is 3. The Labute approximate surface area is 119 Å². The van der Waals surface area contributed by atoms with Crippen molar-refractivity contribution in [3.63, 3.8) is 0 Å². The topological polar surface area (TPSA) is 85.8 Å². The van der Waals surface area contributed by atoms with Crippen molar-refractivity contribution >= 4 is 40.5 Å². The molecule has 0 bridgehead atoms. The van der Waals surface area contributed by atoms with Crippen LogP contribution in [0.4, 0.5) is 11.4 Å². The number of nitrogens with two attached hydrogens (primary N) is 1. The van der Waals surface area contributed by atoms with Gasteiger partial charge in [-0.3, -0.25) is 4.79 Å². The molecule has 19 heavy (non-hydrogen) atoms. The van der Waals surface area contributed by atoms with Gasteiger partial charge < -0.3 is 11.1 Å². The van der Waals surface area contributed by atoms with Gasteiger partial charge in [0.2, 0.25) is 5.91 Å². The Bertz CT molecular complexity index is 576. The van der Waals surface area contributed by atoms with Crippen LogP contribution in [-0.2, 0) is 4.79 Å². The summed E-state index contributed by atoms with van der Waals surface area (Å²) in [4.78, 5) is 15.8. The number of carbonyl (C=O) groups excluding carboxylic acids is 1. The van der Waals surface area contributed by atoms with Gasteiger partial charge in [0, 0.05) is 5.69 Å². The number of aromatic nitrogens is 3. The molecule has 2 rings (SSSR count). The first-order valence-corrected chi connectivity index (χ1v) is 6.14. The molecule has 1 unspecified atom stereocenters. The maximum Gasteiger partial charge on any atom is 0.249 e. The number of nitrogen functional groups attached to an aromatic ring is 1. The number of amides is 1. The Morgan fingerprint density at radius 2 is 2.05 bits per heavy atom. The number of hydrogen-bond acceptors (Lipinski definition) is 4. The fraction of sp³-hybridized carbons (Fsp3) is 0.182. The zero-order valence-corrected chi connectivity index (χ0v) is 11.5. The van der Waals surface area contributed by atoms with Crippen molar-refractivity contribution in [1.29, 1.82) is 0 Å². The van der Waals surface area contributed by atoms with Crippen molar-refractivity contribution < 1.29 is 4.79 Å². The van der Waals surface area contributed by atoms with Crippen LogP contribution >= 0.6 is 23.2 Å². The van der Waals surface area contributed by atoms with Crippen LogP contribution in [0.3, 0.4) is 0 Å². The van der Waals surface area contributed by atoms with Crippen LogP contribution in [0.5, 0.6) is 0 Å². The van der Waals surface area contributed by atoms with Crippen molar-refractivity contribution in [2.24, 2.45) is 0 Å². The van der Waals surface area contributed by atoms with Crippen LogP contribution in [-0.4, -0.2) is 20.7 Å². The summed E-state index contributed by atoms with van der Waals surface area (Å²) >= 11 is 12.0. The standard InChI is InChI=1S/C11H11Cl2N5O/c1-6(18-5-15-4-16-18)11(19)17-10-8(12)2-7(14)3-9(10)13/h2-6H,14H2,1H3,(H,17,19). The second kappa shape index (κ2) is 5.46. The number of hydrogen-bond donors (Lipinski definition) is 2. The van der Waals surface area contributed by atoms with Gasteiger partial charge in [0.25, 0.3) is 0 Å². The van der Waals surface area contributed by atoms with E-state index in [-0.39, 0.29) is 16.0 Å². The summed E-state index contributed by atoms with van der Waals surface area (Å²) in [6, 6.07) is 2.50. The van der Waals surface area contributed by atoms with Crippen LogP contribution in [0.2, 0.25) is 10.0 Å². The van der Waals surface area contributed by atoms with E-state index in [0.717, 1.165) is 0 Å². The molecule has 0 fully saturated rings. The normalized spacial score (nSPS) is 12.2. The summed E-state index contributed by atoms with van der Waals surface area (Å²) < 4.78 is 1.43. The Morgan fingerprint density at radius 1 is 1.42 bits per heavy atom. The lowest BCUT2D eigenvalue weighted by atomic mass is 10.2. The molecule has 1 atom stereocenters. The van der Waals surface area contributed by atoms with Gasteiger partial charge in [0.1, 0.15) is 18.7 Å². The van der Waals surface area contributed by atoms with Crippen molar-refractivity contribution in [3.05, 3.63) is 34.8 Å². The first kappa shape index (κ1) is 13.6. The predicted octanol–water partition coefficient (Wildman–Crippen LogP) is 2.37. The molecule has 0 spiro atoms. The average Bonchev–Trinajstić information content (AvgIpc) is 2.86. The van der Waals surface area contributed by atoms with E-state index in [4.69, 9.17) is 28.9 Å². The molecule has 0 saturated carbocycles. The predicted molar refractivity (Wildman–Crippen MR) is 74.2 cm³/mol. The molecule has 0 aliphatic carbocycles. The van der Waals surface area contributed by atoms with Crippen LogP contribution < -0.4 is 11.1 Å². The summed E-state index contributed by atoms with van der Waals surface area (Å²) in [5, 5.41) is 7.11. The largest absolute Gasteiger partial charge is 0.399 e. The molecule has 1 amide bonds. The highest BCUT2D eigenvalue weighted by Gasteiger charge is 2.18. The van der Waals surface area contributed by atoms with Crippen LogP contribution in [0, 0.1) is 0 Å². The first-order chi connectivity index (χ1) is 8.99. The number of anilines is 2. The minimum Gasteiger partial charge on any atom is -0.399 e. The Kier molecular flexibility index (Phi) is 3.92. The number of halogens is 2. The SMILES string of the molecule is CC(C(=O)Nc1c(Cl)cc(N)cc1Cl)n1cncn1. The van der Waals surface area contributed by atoms with Gasteiger partial charge in [-0.2, -0.15) is 5.10 Å². The van der Waals surface area contributed by atoms with Crippen LogP contribution in [0.15, 0.2) is 24.8 Å². The summed E-state index contributed by atoms with van der Waals surface area (Å²) in [7, 11) is 0. The molecule has 8 heteroatoms. The van der Waals surface area contributed by atoms with Gasteiger partial charge in [0.05, 0.1) is 15.7 Å². The molecule has 0 radical (unpaired) electrons. The van der Waals surface area contributed by atoms with Gasteiger partial charge in [-0.05, 0) is 19.1 Å². The van der Waals surface area contributed by atoms with Gasteiger partial charge in [-0.1, -0.05) is 23.2 Å². The maximum absolute atomic E-state index is 12.1. The van der Waals surface area contributed by atoms with Crippen LogP contribution in [0.1, 0.15) is 13.0 Å². The van der Waals surface area contributed by atoms with Gasteiger partial charge >= 0.3 is 0 Å². The third-order valence-corrected chi connectivity index (χ3v) is 3.12. The highest BCUT2D eigenvalue weighted by atomic mass is 35.5. The zero-order chi connectivity index (χ0) is 14.0. The second-order valence-corrected chi connectivity index (χ2v) is 4.71. The van der Waals surface area contributed by atoms with Gasteiger partial charge in [0.15, 0.2) is 0 Å². The van der Waals surface area contributed by atoms with E-state index >= 15 is 0 Å². The first-order valence-electron chi connectivity index (χ1n) is 5.38. The molecule has 6 nitrogen and oxygen atoms in total. The number of carbonyl (C=O) groups is 1. The molecule has 1 heterocycles. The monoisotopic (exact) mass is 299 g/mol. The highest BCUT2D eigenvalue weighted by molar-refractivity contribution is 6.40. The molecule has 0 saturated heterocycles. The Morgan fingerprint density at radius 3 is 2.58 bits per heavy atom. The molecule has 1 aromatic heterocycles. The summed E-state index contributed by atoms with van der Waals surface area (Å²) in [5.41, 5.74) is 6.35. The maximum atomic E-state index is 12.1. The molecule has 0 aliphatic rings. The fourth-order valence-corrected chi connectivity index (χ4v) is 2.08. The van der Waals surface area contributed by atoms with Crippen molar-refractivity contribution in [2.45, 2.75) is 13.0 Å². The van der Waals surface area contributed by atoms with E-state index in [0.29, 0.717) is 11.4 Å². The van der Waals surface area contributed by atoms with Crippen molar-refractivity contribution in [3.8, 4) is 0 Å². The lowest BCUT2D eigenvalue weighted by molar-refractivity contribution is -0.119. The number of benzene rings is 1. The number of nitrogens with one attached hydrogen (secondary N) is 1. The smallest absolute Gasteiger partial charge is 0.249 e. The minimum absolute atomic E-state index is 0.282. The lowest BCUT2D eigenvalue weighted by Crippen LogP contribution is -2.24. The second-order valence-electron chi connectivity index (χ2n) is 3.90. The van der Waals surface area contributed by atoms with Gasteiger partial charge in [-0.25, -0.2) is 9.67 Å². The zero-order valence-electron chi connectivity index (χ0n) is 9.97. The summed E-state index contributed by atoms with van der Waals surface area (Å²) in [5.74, 6) is -0.306. The third-order valence-electron chi connectivity index (χ3n) is 2.53. The fourth-order valence-electron chi connectivity index (χ4n) is 1.48. The van der Waals surface area contributed by atoms with Gasteiger partial charge in [-0.15, -0.1) is 0 Å². The number of rotatable bonds is 3. The van der Waals surface area contributed by atoms with E-state index in [1.807, 2.05) is 0 Å². The van der Waals surface area contributed by atoms with E-state index in [9.17, 15) is 4.79 Å². The molecule has 2 aromatic rings. The molecular weight excluding hydrogens is 289 g/mol. The van der Waals surface area contributed by atoms with E-state index < -0.39 is 6.04 Å². The van der Waals surface area contributed by atoms with E-state index in [1.165, 1.54) is 29.5 Å². The molecule has 0 aliphatic heterocycles. The molecule has 1 aromatic carbocycles. The average molecular weight is 300 g/mol. The van der Waals surface area contributed by atoms with Crippen LogP contribution in [0.25, 0.3) is 0 Å². The Hall–Kier alpha value is -1.79. The lowest BCUT2D eigenvalue weighted by Gasteiger charge is -2.14. The summed E-state index contributed by atoms with van der Waals surface area (Å²) in [6.07, 6.45) is 2.81. The highest BCUT2D eigenvalue weighted by Crippen LogP contribution is 2.33. The van der Waals surface area contributed by atoms with E-state index in [2.05, 4.69) is 15.4 Å². The van der Waals surface area contributed by atoms with Crippen molar-refractivity contribution in [2.75, 3.05) is 11.1 Å². The van der Waals surface area contributed by atoms with E-state index in [1.54, 1.807) is 6.92 Å². The molecular formula is C11H11Cl2N5O.